The molecule has 0 aliphatic heterocycles. The lowest BCUT2D eigenvalue weighted by molar-refractivity contribution is 0.641. The van der Waals surface area contributed by atoms with Crippen molar-refractivity contribution in [2.24, 2.45) is 0 Å². The third-order valence-electron chi connectivity index (χ3n) is 9.40. The molecule has 5 nitrogen and oxygen atoms in total. The first-order valence-corrected chi connectivity index (χ1v) is 17.7. The number of aromatic nitrogens is 5. The summed E-state index contributed by atoms with van der Waals surface area (Å²) in [5.41, 5.74) is 11.2. The summed E-state index contributed by atoms with van der Waals surface area (Å²) in [4.78, 5) is 24.5. The van der Waals surface area contributed by atoms with Crippen molar-refractivity contribution in [2.75, 3.05) is 0 Å². The van der Waals surface area contributed by atoms with Crippen LogP contribution in [0.5, 0.6) is 0 Å². The Hall–Kier alpha value is -6.33. The van der Waals surface area contributed by atoms with Gasteiger partial charge in [0, 0.05) is 28.3 Å². The minimum Gasteiger partial charge on any atom is -0.255 e. The molecule has 0 unspecified atom stereocenters. The van der Waals surface area contributed by atoms with Crippen LogP contribution in [0.25, 0.3) is 56.6 Å². The Morgan fingerprint density at radius 2 is 1.29 bits per heavy atom. The second-order valence-corrected chi connectivity index (χ2v) is 13.3. The van der Waals surface area contributed by atoms with Crippen molar-refractivity contribution in [3.05, 3.63) is 187 Å². The van der Waals surface area contributed by atoms with Crippen molar-refractivity contribution >= 4 is 11.1 Å². The largest absolute Gasteiger partial charge is 0.255 e. The predicted octanol–water partition coefficient (Wildman–Crippen LogP) is 11.5. The number of benzene rings is 3. The molecule has 0 amide bonds. The Bertz CT molecular complexity index is 2310. The molecule has 7 rings (SSSR count). The number of hydrogen-bond acceptors (Lipinski definition) is 5. The zero-order chi connectivity index (χ0) is 35.9. The van der Waals surface area contributed by atoms with Crippen LogP contribution in [0.4, 0.5) is 0 Å². The fourth-order valence-corrected chi connectivity index (χ4v) is 6.28. The highest BCUT2D eigenvalue weighted by Crippen LogP contribution is 2.35. The lowest BCUT2D eigenvalue weighted by Crippen LogP contribution is -2.18. The lowest BCUT2D eigenvalue weighted by Gasteiger charge is -2.26. The van der Waals surface area contributed by atoms with E-state index in [0.29, 0.717) is 11.6 Å². The van der Waals surface area contributed by atoms with Gasteiger partial charge in [-0.05, 0) is 66.3 Å². The molecule has 3 aromatic carbocycles. The molecule has 254 valence electrons. The first-order valence-electron chi connectivity index (χ1n) is 17.7. The van der Waals surface area contributed by atoms with Crippen LogP contribution in [0.1, 0.15) is 56.1 Å². The van der Waals surface area contributed by atoms with Gasteiger partial charge in [-0.3, -0.25) is 4.98 Å². The summed E-state index contributed by atoms with van der Waals surface area (Å²) in [6.45, 7) is 10.8. The maximum absolute atomic E-state index is 5.02. The van der Waals surface area contributed by atoms with Crippen LogP contribution in [0.3, 0.4) is 0 Å². The van der Waals surface area contributed by atoms with Gasteiger partial charge in [-0.15, -0.1) is 0 Å². The van der Waals surface area contributed by atoms with Gasteiger partial charge in [-0.1, -0.05) is 148 Å². The zero-order valence-electron chi connectivity index (χ0n) is 29.9. The normalized spacial score (nSPS) is 13.1. The van der Waals surface area contributed by atoms with Crippen molar-refractivity contribution < 1.29 is 0 Å². The van der Waals surface area contributed by atoms with Crippen molar-refractivity contribution in [1.29, 1.82) is 0 Å². The van der Waals surface area contributed by atoms with Gasteiger partial charge in [0.1, 0.15) is 0 Å². The second kappa shape index (κ2) is 15.3. The molecule has 3 aromatic heterocycles. The zero-order valence-corrected chi connectivity index (χ0v) is 29.9. The van der Waals surface area contributed by atoms with Gasteiger partial charge < -0.3 is 0 Å². The van der Waals surface area contributed by atoms with Gasteiger partial charge in [-0.2, -0.15) is 0 Å². The van der Waals surface area contributed by atoms with E-state index in [4.69, 9.17) is 19.9 Å². The summed E-state index contributed by atoms with van der Waals surface area (Å²) in [7, 11) is 0. The molecule has 0 saturated heterocycles. The summed E-state index contributed by atoms with van der Waals surface area (Å²) in [6, 6.07) is 37.4. The summed E-state index contributed by atoms with van der Waals surface area (Å²) < 4.78 is 0. The number of nitrogens with zero attached hydrogens (tertiary/aromatic N) is 5. The number of allylic oxidation sites excluding steroid dienone is 9. The van der Waals surface area contributed by atoms with E-state index in [9.17, 15) is 0 Å². The van der Waals surface area contributed by atoms with Gasteiger partial charge in [0.2, 0.25) is 0 Å². The Labute approximate surface area is 306 Å². The number of hydrogen-bond donors (Lipinski definition) is 0. The molecule has 1 aliphatic rings. The third kappa shape index (κ3) is 7.54. The SMILES string of the molecule is C=C(/C=C\C=C/C)c1cc(-c2ccccc2)nc(-c2ccc(C(C)(C)c3ccc(-c4nc(C5=CCCC=C5)cc(-c5ccccn5)n4)cc3)cc2)n1. The molecule has 6 aromatic rings. The Morgan fingerprint density at radius 1 is 0.635 bits per heavy atom. The van der Waals surface area contributed by atoms with Crippen LogP contribution in [-0.2, 0) is 5.41 Å². The van der Waals surface area contributed by atoms with E-state index < -0.39 is 0 Å². The van der Waals surface area contributed by atoms with E-state index >= 15 is 0 Å². The van der Waals surface area contributed by atoms with Crippen LogP contribution in [0.2, 0.25) is 0 Å². The molecule has 1 aliphatic carbocycles. The van der Waals surface area contributed by atoms with Crippen LogP contribution in [-0.4, -0.2) is 24.9 Å². The molecule has 3 heterocycles. The van der Waals surface area contributed by atoms with Gasteiger partial charge in [0.15, 0.2) is 11.6 Å². The fourth-order valence-electron chi connectivity index (χ4n) is 6.28. The first kappa shape index (κ1) is 34.1. The summed E-state index contributed by atoms with van der Waals surface area (Å²) >= 11 is 0. The molecule has 0 radical (unpaired) electrons. The average molecular weight is 676 g/mol. The van der Waals surface area contributed by atoms with Crippen molar-refractivity contribution in [3.8, 4) is 45.4 Å². The molecule has 0 spiro atoms. The molecule has 0 N–H and O–H groups in total. The smallest absolute Gasteiger partial charge is 0.160 e. The molecule has 0 atom stereocenters. The molecule has 5 heteroatoms. The predicted molar refractivity (Wildman–Crippen MR) is 215 cm³/mol. The average Bonchev–Trinajstić information content (AvgIpc) is 3.21. The highest BCUT2D eigenvalue weighted by atomic mass is 14.9. The first-order chi connectivity index (χ1) is 25.4. The minimum absolute atomic E-state index is 0.264. The molecule has 52 heavy (non-hydrogen) atoms. The molecular weight excluding hydrogens is 635 g/mol. The van der Waals surface area contributed by atoms with Crippen molar-refractivity contribution in [1.82, 2.24) is 24.9 Å². The van der Waals surface area contributed by atoms with E-state index in [1.807, 2.05) is 79.8 Å². The second-order valence-electron chi connectivity index (χ2n) is 13.3. The van der Waals surface area contributed by atoms with E-state index in [1.54, 1.807) is 6.20 Å². The lowest BCUT2D eigenvalue weighted by atomic mass is 9.77. The van der Waals surface area contributed by atoms with Crippen LogP contribution in [0.15, 0.2) is 165 Å². The topological polar surface area (TPSA) is 64.5 Å². The monoisotopic (exact) mass is 675 g/mol. The number of rotatable bonds is 10. The van der Waals surface area contributed by atoms with Gasteiger partial charge in [0.25, 0.3) is 0 Å². The molecule has 0 fully saturated rings. The van der Waals surface area contributed by atoms with E-state index in [0.717, 1.165) is 69.1 Å². The summed E-state index contributed by atoms with van der Waals surface area (Å²) in [5, 5.41) is 0. The van der Waals surface area contributed by atoms with Gasteiger partial charge in [0.05, 0.1) is 28.5 Å². The maximum Gasteiger partial charge on any atom is 0.160 e. The van der Waals surface area contributed by atoms with Crippen LogP contribution >= 0.6 is 0 Å². The van der Waals surface area contributed by atoms with E-state index in [2.05, 4.69) is 104 Å². The van der Waals surface area contributed by atoms with Crippen LogP contribution in [0, 0.1) is 0 Å². The highest BCUT2D eigenvalue weighted by molar-refractivity contribution is 5.77. The third-order valence-corrected chi connectivity index (χ3v) is 9.40. The molecule has 0 bridgehead atoms. The number of pyridine rings is 1. The summed E-state index contributed by atoms with van der Waals surface area (Å²) in [5.74, 6) is 1.35. The Morgan fingerprint density at radius 3 is 1.92 bits per heavy atom. The van der Waals surface area contributed by atoms with Crippen molar-refractivity contribution in [2.45, 2.75) is 39.0 Å². The maximum atomic E-state index is 5.02. The van der Waals surface area contributed by atoms with Crippen molar-refractivity contribution in [3.63, 3.8) is 0 Å². The fraction of sp³-hybridized carbons (Fsp3) is 0.128. The summed E-state index contributed by atoms with van der Waals surface area (Å²) in [6.07, 6.45) is 18.4. The molecule has 0 saturated carbocycles. The molecular formula is C47H41N5. The highest BCUT2D eigenvalue weighted by Gasteiger charge is 2.24. The minimum atomic E-state index is -0.264. The van der Waals surface area contributed by atoms with Gasteiger partial charge >= 0.3 is 0 Å². The van der Waals surface area contributed by atoms with Gasteiger partial charge in [-0.25, -0.2) is 19.9 Å². The Kier molecular flexibility index (Phi) is 10.0. The standard InChI is InChI=1S/C47H41N5/c1-5-6-9-16-33(2)41-31-42(34-17-10-7-11-18-34)50-45(49-41)36-22-26-38(27-23-36)47(3,4)39-28-24-37(25-29-39)46-51-43(35-19-12-8-13-20-35)32-44(52-46)40-21-14-15-30-48-40/h5-7,9-12,14-32H,2,8,13H2,1,3-4H3/b6-5-,16-9-. The van der Waals surface area contributed by atoms with E-state index in [-0.39, 0.29) is 5.41 Å². The van der Waals surface area contributed by atoms with Crippen LogP contribution < -0.4 is 0 Å². The quantitative estimate of drug-likeness (QED) is 0.135. The Balaban J connectivity index is 1.18. The van der Waals surface area contributed by atoms with E-state index in [1.165, 1.54) is 11.1 Å².